The van der Waals surface area contributed by atoms with Crippen LogP contribution in [0.4, 0.5) is 17.6 Å². The van der Waals surface area contributed by atoms with E-state index in [2.05, 4.69) is 9.47 Å². The number of halogens is 4. The molecule has 128 valence electrons. The first-order valence-corrected chi connectivity index (χ1v) is 6.68. The Balaban J connectivity index is 2.08. The van der Waals surface area contributed by atoms with E-state index in [1.165, 1.54) is 48.5 Å². The number of Topliss-reactive ketones (excluding diaryl/α,β-unsaturated/α-hetero) is 1. The molecule has 0 heterocycles. The van der Waals surface area contributed by atoms with Crippen molar-refractivity contribution in [2.24, 2.45) is 0 Å². The van der Waals surface area contributed by atoms with Crippen LogP contribution in [-0.4, -0.2) is 24.1 Å². The van der Waals surface area contributed by atoms with Crippen molar-refractivity contribution >= 4 is 5.78 Å². The molecule has 2 rings (SSSR count). The van der Waals surface area contributed by atoms with Crippen molar-refractivity contribution in [2.45, 2.75) is 19.3 Å². The molecule has 1 atom stereocenters. The van der Waals surface area contributed by atoms with E-state index in [1.54, 1.807) is 0 Å². The molecule has 1 unspecified atom stereocenters. The highest BCUT2D eigenvalue weighted by Crippen LogP contribution is 2.23. The highest BCUT2D eigenvalue weighted by atomic mass is 19.3. The summed E-state index contributed by atoms with van der Waals surface area (Å²) in [6, 6.07) is 9.74. The molecule has 8 heteroatoms. The second-order valence-corrected chi connectivity index (χ2v) is 4.62. The smallest absolute Gasteiger partial charge is 0.387 e. The molecule has 0 aromatic heterocycles. The zero-order valence-corrected chi connectivity index (χ0v) is 12.0. The summed E-state index contributed by atoms with van der Waals surface area (Å²) >= 11 is 0. The minimum atomic E-state index is -2.98. The Labute approximate surface area is 134 Å². The van der Waals surface area contributed by atoms with Gasteiger partial charge in [-0.05, 0) is 42.0 Å². The number of rotatable bonds is 7. The van der Waals surface area contributed by atoms with Gasteiger partial charge in [0.25, 0.3) is 0 Å². The van der Waals surface area contributed by atoms with Crippen LogP contribution in [0.15, 0.2) is 48.5 Å². The third kappa shape index (κ3) is 4.69. The lowest BCUT2D eigenvalue weighted by atomic mass is 10.00. The van der Waals surface area contributed by atoms with E-state index in [9.17, 15) is 27.5 Å². The summed E-state index contributed by atoms with van der Waals surface area (Å²) < 4.78 is 56.5. The Morgan fingerprint density at radius 1 is 0.792 bits per heavy atom. The Morgan fingerprint density at radius 3 is 1.62 bits per heavy atom. The molecule has 0 saturated heterocycles. The van der Waals surface area contributed by atoms with E-state index in [0.29, 0.717) is 0 Å². The van der Waals surface area contributed by atoms with Crippen molar-refractivity contribution < 1.29 is 36.9 Å². The number of hydrogen-bond donors (Lipinski definition) is 1. The maximum atomic E-state index is 12.2. The molecule has 0 aliphatic carbocycles. The number of hydrogen-bond acceptors (Lipinski definition) is 4. The lowest BCUT2D eigenvalue weighted by molar-refractivity contribution is -0.0505. The molecule has 0 aliphatic heterocycles. The van der Waals surface area contributed by atoms with E-state index >= 15 is 0 Å². The van der Waals surface area contributed by atoms with Crippen molar-refractivity contribution in [3.63, 3.8) is 0 Å². The average molecular weight is 344 g/mol. The standard InChI is InChI=1S/C16H12F4O4/c17-15(18)23-11-5-1-9(2-6-11)13(21)14(22)10-3-7-12(8-4-10)24-16(19)20/h1-8,13,15-16,21H. The van der Waals surface area contributed by atoms with Crippen LogP contribution in [-0.2, 0) is 0 Å². The fourth-order valence-electron chi connectivity index (χ4n) is 1.94. The normalized spacial score (nSPS) is 12.3. The van der Waals surface area contributed by atoms with Gasteiger partial charge in [0.2, 0.25) is 0 Å². The summed E-state index contributed by atoms with van der Waals surface area (Å²) in [6.45, 7) is -5.96. The topological polar surface area (TPSA) is 55.8 Å². The van der Waals surface area contributed by atoms with Crippen molar-refractivity contribution in [1.82, 2.24) is 0 Å². The first kappa shape index (κ1) is 17.7. The molecule has 24 heavy (non-hydrogen) atoms. The van der Waals surface area contributed by atoms with Crippen LogP contribution in [0, 0.1) is 0 Å². The zero-order chi connectivity index (χ0) is 17.7. The lowest BCUT2D eigenvalue weighted by Crippen LogP contribution is -2.12. The van der Waals surface area contributed by atoms with E-state index < -0.39 is 25.1 Å². The van der Waals surface area contributed by atoms with E-state index in [-0.39, 0.29) is 22.6 Å². The van der Waals surface area contributed by atoms with Gasteiger partial charge < -0.3 is 14.6 Å². The number of ether oxygens (including phenoxy) is 2. The highest BCUT2D eigenvalue weighted by Gasteiger charge is 2.19. The number of aliphatic hydroxyl groups excluding tert-OH is 1. The number of carbonyl (C=O) groups excluding carboxylic acids is 1. The fraction of sp³-hybridized carbons (Fsp3) is 0.188. The molecule has 2 aromatic rings. The molecule has 0 saturated carbocycles. The van der Waals surface area contributed by atoms with Crippen molar-refractivity contribution in [3.8, 4) is 11.5 Å². The predicted molar refractivity (Wildman–Crippen MR) is 75.4 cm³/mol. The van der Waals surface area contributed by atoms with Crippen LogP contribution in [0.25, 0.3) is 0 Å². The number of aliphatic hydroxyl groups is 1. The lowest BCUT2D eigenvalue weighted by Gasteiger charge is -2.12. The summed E-state index contributed by atoms with van der Waals surface area (Å²) in [5.41, 5.74) is 0.256. The number of carbonyl (C=O) groups is 1. The maximum Gasteiger partial charge on any atom is 0.387 e. The number of alkyl halides is 4. The van der Waals surface area contributed by atoms with Gasteiger partial charge in [0.1, 0.15) is 17.6 Å². The molecule has 4 nitrogen and oxygen atoms in total. The third-order valence-electron chi connectivity index (χ3n) is 3.03. The maximum absolute atomic E-state index is 12.2. The van der Waals surface area contributed by atoms with Crippen LogP contribution in [0.3, 0.4) is 0 Å². The summed E-state index contributed by atoms with van der Waals surface area (Å²) in [6.07, 6.45) is -1.53. The number of ketones is 1. The average Bonchev–Trinajstić information content (AvgIpc) is 2.54. The highest BCUT2D eigenvalue weighted by molar-refractivity contribution is 5.99. The largest absolute Gasteiger partial charge is 0.435 e. The van der Waals surface area contributed by atoms with Crippen LogP contribution in [0.1, 0.15) is 22.0 Å². The summed E-state index contributed by atoms with van der Waals surface area (Å²) in [5, 5.41) is 10.0. The van der Waals surface area contributed by atoms with Gasteiger partial charge in [-0.15, -0.1) is 0 Å². The molecule has 0 spiro atoms. The van der Waals surface area contributed by atoms with Gasteiger partial charge in [0.05, 0.1) is 0 Å². The van der Waals surface area contributed by atoms with Crippen LogP contribution in [0.5, 0.6) is 11.5 Å². The van der Waals surface area contributed by atoms with E-state index in [1.807, 2.05) is 0 Å². The summed E-state index contributed by atoms with van der Waals surface area (Å²) in [4.78, 5) is 12.2. The van der Waals surface area contributed by atoms with Gasteiger partial charge in [-0.3, -0.25) is 4.79 Å². The quantitative estimate of drug-likeness (QED) is 0.613. The Morgan fingerprint density at radius 2 is 1.21 bits per heavy atom. The minimum absolute atomic E-state index is 0.0806. The van der Waals surface area contributed by atoms with Crippen LogP contribution < -0.4 is 9.47 Å². The second kappa shape index (κ2) is 7.78. The molecule has 0 amide bonds. The number of benzene rings is 2. The second-order valence-electron chi connectivity index (χ2n) is 4.62. The predicted octanol–water partition coefficient (Wildman–Crippen LogP) is 3.81. The molecule has 0 radical (unpaired) electrons. The molecule has 0 aliphatic rings. The van der Waals surface area contributed by atoms with Gasteiger partial charge in [0, 0.05) is 5.56 Å². The molecule has 2 aromatic carbocycles. The van der Waals surface area contributed by atoms with E-state index in [0.717, 1.165) is 0 Å². The molecular formula is C16H12F4O4. The van der Waals surface area contributed by atoms with Crippen LogP contribution in [0.2, 0.25) is 0 Å². The van der Waals surface area contributed by atoms with Gasteiger partial charge in [-0.2, -0.15) is 17.6 Å². The summed E-state index contributed by atoms with van der Waals surface area (Å²) in [5.74, 6) is -0.910. The molecule has 0 fully saturated rings. The summed E-state index contributed by atoms with van der Waals surface area (Å²) in [7, 11) is 0. The van der Waals surface area contributed by atoms with Crippen molar-refractivity contribution in [2.75, 3.05) is 0 Å². The van der Waals surface area contributed by atoms with Gasteiger partial charge in [-0.1, -0.05) is 12.1 Å². The van der Waals surface area contributed by atoms with Gasteiger partial charge >= 0.3 is 13.2 Å². The SMILES string of the molecule is O=C(c1ccc(OC(F)F)cc1)C(O)c1ccc(OC(F)F)cc1. The van der Waals surface area contributed by atoms with Crippen molar-refractivity contribution in [1.29, 1.82) is 0 Å². The monoisotopic (exact) mass is 344 g/mol. The Kier molecular flexibility index (Phi) is 5.75. The molecule has 1 N–H and O–H groups in total. The van der Waals surface area contributed by atoms with Gasteiger partial charge in [0.15, 0.2) is 5.78 Å². The molecular weight excluding hydrogens is 332 g/mol. The molecule has 0 bridgehead atoms. The van der Waals surface area contributed by atoms with Crippen LogP contribution >= 0.6 is 0 Å². The fourth-order valence-corrected chi connectivity index (χ4v) is 1.94. The van der Waals surface area contributed by atoms with E-state index in [4.69, 9.17) is 0 Å². The van der Waals surface area contributed by atoms with Gasteiger partial charge in [-0.25, -0.2) is 0 Å². The third-order valence-corrected chi connectivity index (χ3v) is 3.03. The Bertz CT molecular complexity index is 671. The minimum Gasteiger partial charge on any atom is -0.435 e. The Hall–Kier alpha value is -2.61. The van der Waals surface area contributed by atoms with Crippen molar-refractivity contribution in [3.05, 3.63) is 59.7 Å². The first-order valence-electron chi connectivity index (χ1n) is 6.68. The first-order chi connectivity index (χ1) is 11.4. The zero-order valence-electron chi connectivity index (χ0n) is 12.0.